The van der Waals surface area contributed by atoms with Crippen molar-refractivity contribution in [3.05, 3.63) is 90.0 Å². The molecular formula is C20H18N2. The number of hydrogen-bond acceptors (Lipinski definition) is 2. The predicted octanol–water partition coefficient (Wildman–Crippen LogP) is 5.11. The Bertz CT molecular complexity index is 759. The average Bonchev–Trinajstić information content (AvgIpc) is 2.58. The molecule has 0 atom stereocenters. The van der Waals surface area contributed by atoms with E-state index >= 15 is 0 Å². The Kier molecular flexibility index (Phi) is 4.30. The van der Waals surface area contributed by atoms with Crippen LogP contribution in [0.4, 0.5) is 5.69 Å². The Morgan fingerprint density at radius 2 is 1.45 bits per heavy atom. The van der Waals surface area contributed by atoms with Gasteiger partial charge in [0.05, 0.1) is 11.9 Å². The summed E-state index contributed by atoms with van der Waals surface area (Å²) in [5, 5.41) is 4.35. The molecule has 0 aliphatic carbocycles. The SMILES string of the molecule is Cc1ccc(C=NNc2ccccc2-c2ccccc2)cc1. The van der Waals surface area contributed by atoms with Crippen LogP contribution in [-0.2, 0) is 0 Å². The number of hydrazone groups is 1. The first-order valence-corrected chi connectivity index (χ1v) is 7.33. The minimum Gasteiger partial charge on any atom is -0.278 e. The van der Waals surface area contributed by atoms with Crippen LogP contribution in [0.2, 0.25) is 0 Å². The summed E-state index contributed by atoms with van der Waals surface area (Å²) in [6, 6.07) is 26.8. The summed E-state index contributed by atoms with van der Waals surface area (Å²) >= 11 is 0. The highest BCUT2D eigenvalue weighted by molar-refractivity contribution is 5.82. The Hall–Kier alpha value is -2.87. The minimum absolute atomic E-state index is 0.997. The second-order valence-electron chi connectivity index (χ2n) is 5.19. The number of anilines is 1. The molecule has 108 valence electrons. The van der Waals surface area contributed by atoms with Crippen LogP contribution < -0.4 is 5.43 Å². The number of para-hydroxylation sites is 1. The lowest BCUT2D eigenvalue weighted by atomic mass is 10.0. The molecule has 2 nitrogen and oxygen atoms in total. The normalized spacial score (nSPS) is 10.8. The van der Waals surface area contributed by atoms with Gasteiger partial charge in [0.1, 0.15) is 0 Å². The molecule has 0 amide bonds. The highest BCUT2D eigenvalue weighted by Gasteiger charge is 2.02. The van der Waals surface area contributed by atoms with Crippen LogP contribution in [0.25, 0.3) is 11.1 Å². The maximum atomic E-state index is 4.35. The fourth-order valence-corrected chi connectivity index (χ4v) is 2.28. The monoisotopic (exact) mass is 286 g/mol. The van der Waals surface area contributed by atoms with Gasteiger partial charge in [0.15, 0.2) is 0 Å². The number of hydrogen-bond donors (Lipinski definition) is 1. The van der Waals surface area contributed by atoms with Gasteiger partial charge in [0, 0.05) is 5.56 Å². The summed E-state index contributed by atoms with van der Waals surface area (Å²) in [5.41, 5.74) is 8.79. The Morgan fingerprint density at radius 3 is 2.23 bits per heavy atom. The third kappa shape index (κ3) is 3.41. The second-order valence-corrected chi connectivity index (χ2v) is 5.19. The Balaban J connectivity index is 1.80. The van der Waals surface area contributed by atoms with E-state index in [-0.39, 0.29) is 0 Å². The van der Waals surface area contributed by atoms with E-state index in [1.54, 1.807) is 0 Å². The molecule has 1 N–H and O–H groups in total. The fraction of sp³-hybridized carbons (Fsp3) is 0.0500. The van der Waals surface area contributed by atoms with E-state index in [1.807, 2.05) is 42.6 Å². The average molecular weight is 286 g/mol. The maximum absolute atomic E-state index is 4.35. The van der Waals surface area contributed by atoms with E-state index in [2.05, 4.69) is 59.9 Å². The summed E-state index contributed by atoms with van der Waals surface area (Å²) in [5.74, 6) is 0. The molecule has 3 aromatic carbocycles. The number of aryl methyl sites for hydroxylation is 1. The van der Waals surface area contributed by atoms with E-state index in [4.69, 9.17) is 0 Å². The third-order valence-corrected chi connectivity index (χ3v) is 3.49. The highest BCUT2D eigenvalue weighted by Crippen LogP contribution is 2.27. The molecule has 0 fully saturated rings. The number of benzene rings is 3. The molecule has 0 bridgehead atoms. The molecule has 0 spiro atoms. The second kappa shape index (κ2) is 6.72. The predicted molar refractivity (Wildman–Crippen MR) is 94.3 cm³/mol. The van der Waals surface area contributed by atoms with Crippen molar-refractivity contribution in [2.75, 3.05) is 5.43 Å². The van der Waals surface area contributed by atoms with Crippen molar-refractivity contribution in [2.24, 2.45) is 5.10 Å². The van der Waals surface area contributed by atoms with E-state index in [9.17, 15) is 0 Å². The zero-order chi connectivity index (χ0) is 15.2. The molecule has 2 heteroatoms. The summed E-state index contributed by atoms with van der Waals surface area (Å²) < 4.78 is 0. The van der Waals surface area contributed by atoms with E-state index in [1.165, 1.54) is 11.1 Å². The Morgan fingerprint density at radius 1 is 0.773 bits per heavy atom. The highest BCUT2D eigenvalue weighted by atomic mass is 15.3. The van der Waals surface area contributed by atoms with Crippen LogP contribution in [0, 0.1) is 6.92 Å². The van der Waals surface area contributed by atoms with Gasteiger partial charge in [-0.2, -0.15) is 5.10 Å². The van der Waals surface area contributed by atoms with Crippen LogP contribution in [0.5, 0.6) is 0 Å². The van der Waals surface area contributed by atoms with E-state index in [0.29, 0.717) is 0 Å². The molecule has 0 aliphatic rings. The number of nitrogens with zero attached hydrogens (tertiary/aromatic N) is 1. The van der Waals surface area contributed by atoms with Crippen molar-refractivity contribution >= 4 is 11.9 Å². The lowest BCUT2D eigenvalue weighted by Crippen LogP contribution is -1.93. The van der Waals surface area contributed by atoms with Gasteiger partial charge in [-0.05, 0) is 24.1 Å². The van der Waals surface area contributed by atoms with Crippen molar-refractivity contribution in [3.63, 3.8) is 0 Å². The zero-order valence-corrected chi connectivity index (χ0v) is 12.5. The molecular weight excluding hydrogens is 268 g/mol. The molecule has 22 heavy (non-hydrogen) atoms. The fourth-order valence-electron chi connectivity index (χ4n) is 2.28. The molecule has 0 unspecified atom stereocenters. The molecule has 0 radical (unpaired) electrons. The summed E-state index contributed by atoms with van der Waals surface area (Å²) in [6.45, 7) is 2.08. The van der Waals surface area contributed by atoms with Crippen LogP contribution in [0.1, 0.15) is 11.1 Å². The molecule has 3 aromatic rings. The van der Waals surface area contributed by atoms with Crippen molar-refractivity contribution in [1.82, 2.24) is 0 Å². The van der Waals surface area contributed by atoms with Crippen LogP contribution in [0.3, 0.4) is 0 Å². The van der Waals surface area contributed by atoms with Gasteiger partial charge in [0.2, 0.25) is 0 Å². The minimum atomic E-state index is 0.997. The van der Waals surface area contributed by atoms with Crippen molar-refractivity contribution in [2.45, 2.75) is 6.92 Å². The molecule has 0 heterocycles. The molecule has 0 aliphatic heterocycles. The molecule has 0 saturated heterocycles. The van der Waals surface area contributed by atoms with Crippen molar-refractivity contribution in [3.8, 4) is 11.1 Å². The maximum Gasteiger partial charge on any atom is 0.0640 e. The first kappa shape index (κ1) is 14.1. The quantitative estimate of drug-likeness (QED) is 0.523. The van der Waals surface area contributed by atoms with Crippen molar-refractivity contribution < 1.29 is 0 Å². The van der Waals surface area contributed by atoms with Crippen molar-refractivity contribution in [1.29, 1.82) is 0 Å². The standard InChI is InChI=1S/C20H18N2/c1-16-11-13-17(14-12-16)15-21-22-20-10-6-5-9-19(20)18-7-3-2-4-8-18/h2-15,22H,1H3. The number of nitrogens with one attached hydrogen (secondary N) is 1. The van der Waals surface area contributed by atoms with Crippen LogP contribution in [-0.4, -0.2) is 6.21 Å². The third-order valence-electron chi connectivity index (χ3n) is 3.49. The smallest absolute Gasteiger partial charge is 0.0640 e. The van der Waals surface area contributed by atoms with Gasteiger partial charge in [-0.1, -0.05) is 78.4 Å². The number of rotatable bonds is 4. The summed E-state index contributed by atoms with van der Waals surface area (Å²) in [7, 11) is 0. The van der Waals surface area contributed by atoms with E-state index in [0.717, 1.165) is 16.8 Å². The molecule has 0 aromatic heterocycles. The van der Waals surface area contributed by atoms with Gasteiger partial charge in [-0.15, -0.1) is 0 Å². The Labute approximate surface area is 131 Å². The van der Waals surface area contributed by atoms with Gasteiger partial charge in [-0.25, -0.2) is 0 Å². The molecule has 3 rings (SSSR count). The molecule has 0 saturated carbocycles. The summed E-state index contributed by atoms with van der Waals surface area (Å²) in [4.78, 5) is 0. The lowest BCUT2D eigenvalue weighted by molar-refractivity contribution is 1.35. The first-order valence-electron chi connectivity index (χ1n) is 7.33. The van der Waals surface area contributed by atoms with Gasteiger partial charge in [-0.3, -0.25) is 5.43 Å². The lowest BCUT2D eigenvalue weighted by Gasteiger charge is -2.08. The summed E-state index contributed by atoms with van der Waals surface area (Å²) in [6.07, 6.45) is 1.83. The zero-order valence-electron chi connectivity index (χ0n) is 12.5. The topological polar surface area (TPSA) is 24.4 Å². The van der Waals surface area contributed by atoms with Gasteiger partial charge in [0.25, 0.3) is 0 Å². The first-order chi connectivity index (χ1) is 10.8. The van der Waals surface area contributed by atoms with E-state index < -0.39 is 0 Å². The van der Waals surface area contributed by atoms with Gasteiger partial charge < -0.3 is 0 Å². The largest absolute Gasteiger partial charge is 0.278 e. The van der Waals surface area contributed by atoms with Crippen LogP contribution in [0.15, 0.2) is 84.0 Å². The van der Waals surface area contributed by atoms with Crippen LogP contribution >= 0.6 is 0 Å². The van der Waals surface area contributed by atoms with Gasteiger partial charge >= 0.3 is 0 Å².